The summed E-state index contributed by atoms with van der Waals surface area (Å²) in [6, 6.07) is 5.43. The van der Waals surface area contributed by atoms with E-state index in [1.807, 2.05) is 6.92 Å². The summed E-state index contributed by atoms with van der Waals surface area (Å²) >= 11 is 0. The van der Waals surface area contributed by atoms with E-state index in [4.69, 9.17) is 0 Å². The van der Waals surface area contributed by atoms with E-state index < -0.39 is 0 Å². The molecular formula is C20H32FN4O2+. The lowest BCUT2D eigenvalue weighted by atomic mass is 10.2. The number of nitrogens with one attached hydrogen (secondary N) is 3. The molecule has 27 heavy (non-hydrogen) atoms. The minimum Gasteiger partial charge on any atom is -0.336 e. The van der Waals surface area contributed by atoms with Gasteiger partial charge in [0.05, 0.1) is 25.7 Å². The molecule has 0 radical (unpaired) electrons. The number of hydrogen-bond acceptors (Lipinski definition) is 2. The van der Waals surface area contributed by atoms with E-state index in [1.165, 1.54) is 12.1 Å². The molecule has 1 aliphatic rings. The molecule has 7 heteroatoms. The fraction of sp³-hybridized carbons (Fsp3) is 0.600. The molecule has 150 valence electrons. The van der Waals surface area contributed by atoms with Crippen LogP contribution in [-0.4, -0.2) is 50.2 Å². The number of halogens is 1. The highest BCUT2D eigenvalue weighted by Gasteiger charge is 2.31. The Labute approximate surface area is 161 Å². The SMILES string of the molecule is CC[NH+](CC)CCC[C@@H](C)NC(=O)N[C@H]1CC(=O)N(c2ccc(F)cc2)C1. The summed E-state index contributed by atoms with van der Waals surface area (Å²) in [5, 5.41) is 5.84. The monoisotopic (exact) mass is 379 g/mol. The van der Waals surface area contributed by atoms with Crippen LogP contribution in [0.2, 0.25) is 0 Å². The van der Waals surface area contributed by atoms with Crippen LogP contribution in [0.4, 0.5) is 14.9 Å². The zero-order valence-electron chi connectivity index (χ0n) is 16.6. The molecule has 0 saturated carbocycles. The van der Waals surface area contributed by atoms with Crippen molar-refractivity contribution >= 4 is 17.6 Å². The molecule has 1 aromatic rings. The molecule has 0 unspecified atom stereocenters. The Morgan fingerprint density at radius 1 is 1.30 bits per heavy atom. The second kappa shape index (κ2) is 10.3. The molecule has 0 spiro atoms. The highest BCUT2D eigenvalue weighted by atomic mass is 19.1. The van der Waals surface area contributed by atoms with E-state index in [-0.39, 0.29) is 36.3 Å². The van der Waals surface area contributed by atoms with Gasteiger partial charge in [0.1, 0.15) is 5.82 Å². The Morgan fingerprint density at radius 2 is 1.96 bits per heavy atom. The number of amides is 3. The van der Waals surface area contributed by atoms with Crippen molar-refractivity contribution in [1.82, 2.24) is 10.6 Å². The van der Waals surface area contributed by atoms with Crippen LogP contribution < -0.4 is 20.4 Å². The average Bonchev–Trinajstić information content (AvgIpc) is 2.99. The molecule has 1 fully saturated rings. The summed E-state index contributed by atoms with van der Waals surface area (Å²) in [5.74, 6) is -0.404. The molecule has 0 aliphatic carbocycles. The van der Waals surface area contributed by atoms with E-state index in [9.17, 15) is 14.0 Å². The van der Waals surface area contributed by atoms with Crippen molar-refractivity contribution in [3.05, 3.63) is 30.1 Å². The fourth-order valence-corrected chi connectivity index (χ4v) is 3.46. The first kappa shape index (κ1) is 21.2. The van der Waals surface area contributed by atoms with Crippen molar-refractivity contribution in [3.63, 3.8) is 0 Å². The number of carbonyl (C=O) groups is 2. The Kier molecular flexibility index (Phi) is 8.03. The molecule has 1 saturated heterocycles. The lowest BCUT2D eigenvalue weighted by Gasteiger charge is -2.20. The second-order valence-electron chi connectivity index (χ2n) is 7.25. The van der Waals surface area contributed by atoms with Gasteiger partial charge in [-0.3, -0.25) is 4.79 Å². The van der Waals surface area contributed by atoms with E-state index in [0.717, 1.165) is 32.5 Å². The van der Waals surface area contributed by atoms with Gasteiger partial charge in [-0.25, -0.2) is 9.18 Å². The molecule has 1 aliphatic heterocycles. The van der Waals surface area contributed by atoms with Crippen LogP contribution in [0.3, 0.4) is 0 Å². The molecular weight excluding hydrogens is 347 g/mol. The van der Waals surface area contributed by atoms with Gasteiger partial charge in [0, 0.05) is 24.7 Å². The van der Waals surface area contributed by atoms with Gasteiger partial charge in [0.2, 0.25) is 5.91 Å². The summed E-state index contributed by atoms with van der Waals surface area (Å²) < 4.78 is 13.0. The molecule has 0 bridgehead atoms. The van der Waals surface area contributed by atoms with E-state index in [1.54, 1.807) is 21.9 Å². The summed E-state index contributed by atoms with van der Waals surface area (Å²) in [7, 11) is 0. The first-order valence-corrected chi connectivity index (χ1v) is 9.89. The topological polar surface area (TPSA) is 65.9 Å². The zero-order valence-corrected chi connectivity index (χ0v) is 16.6. The van der Waals surface area contributed by atoms with Crippen LogP contribution in [0, 0.1) is 5.82 Å². The van der Waals surface area contributed by atoms with Crippen LogP contribution in [0.5, 0.6) is 0 Å². The van der Waals surface area contributed by atoms with Gasteiger partial charge in [-0.15, -0.1) is 0 Å². The third-order valence-corrected chi connectivity index (χ3v) is 5.14. The third kappa shape index (κ3) is 6.50. The molecule has 6 nitrogen and oxygen atoms in total. The standard InChI is InChI=1S/C20H31FN4O2/c1-4-24(5-2)12-6-7-15(3)22-20(27)23-17-13-19(26)25(14-17)18-10-8-16(21)9-11-18/h8-11,15,17H,4-7,12-14H2,1-3H3,(H2,22,23,27)/p+1/t15-,17+/m1/s1. The summed E-state index contributed by atoms with van der Waals surface area (Å²) in [4.78, 5) is 27.6. The maximum atomic E-state index is 13.0. The summed E-state index contributed by atoms with van der Waals surface area (Å²) in [6.45, 7) is 10.1. The molecule has 0 aromatic heterocycles. The molecule has 2 atom stereocenters. The van der Waals surface area contributed by atoms with Gasteiger partial charge in [-0.1, -0.05) is 0 Å². The first-order chi connectivity index (χ1) is 12.9. The highest BCUT2D eigenvalue weighted by Crippen LogP contribution is 2.21. The third-order valence-electron chi connectivity index (χ3n) is 5.14. The predicted molar refractivity (Wildman–Crippen MR) is 104 cm³/mol. The number of quaternary nitrogens is 1. The lowest BCUT2D eigenvalue weighted by Crippen LogP contribution is -3.11. The van der Waals surface area contributed by atoms with E-state index in [0.29, 0.717) is 12.2 Å². The van der Waals surface area contributed by atoms with Crippen LogP contribution in [0.25, 0.3) is 0 Å². The number of rotatable bonds is 9. The largest absolute Gasteiger partial charge is 0.336 e. The predicted octanol–water partition coefficient (Wildman–Crippen LogP) is 1.32. The number of benzene rings is 1. The van der Waals surface area contributed by atoms with Crippen molar-refractivity contribution < 1.29 is 18.9 Å². The number of carbonyl (C=O) groups excluding carboxylic acids is 2. The highest BCUT2D eigenvalue weighted by molar-refractivity contribution is 5.96. The maximum absolute atomic E-state index is 13.0. The lowest BCUT2D eigenvalue weighted by molar-refractivity contribution is -0.896. The van der Waals surface area contributed by atoms with Crippen LogP contribution in [0.15, 0.2) is 24.3 Å². The number of nitrogens with zero attached hydrogens (tertiary/aromatic N) is 1. The quantitative estimate of drug-likeness (QED) is 0.606. The molecule has 3 N–H and O–H groups in total. The Morgan fingerprint density at radius 3 is 2.59 bits per heavy atom. The van der Waals surface area contributed by atoms with Crippen molar-refractivity contribution in [2.24, 2.45) is 0 Å². The molecule has 1 heterocycles. The van der Waals surface area contributed by atoms with E-state index in [2.05, 4.69) is 24.5 Å². The fourth-order valence-electron chi connectivity index (χ4n) is 3.46. The molecule has 3 amide bonds. The Bertz CT molecular complexity index is 619. The summed E-state index contributed by atoms with van der Waals surface area (Å²) in [6.07, 6.45) is 2.26. The van der Waals surface area contributed by atoms with Gasteiger partial charge in [0.25, 0.3) is 0 Å². The smallest absolute Gasteiger partial charge is 0.315 e. The van der Waals surface area contributed by atoms with Crippen LogP contribution in [-0.2, 0) is 4.79 Å². The Hall–Kier alpha value is -2.15. The van der Waals surface area contributed by atoms with Crippen LogP contribution >= 0.6 is 0 Å². The Balaban J connectivity index is 1.74. The summed E-state index contributed by atoms with van der Waals surface area (Å²) in [5.41, 5.74) is 0.651. The molecule has 2 rings (SSSR count). The minimum absolute atomic E-state index is 0.0674. The normalized spacial score (nSPS) is 18.0. The van der Waals surface area contributed by atoms with Crippen molar-refractivity contribution in [2.45, 2.75) is 52.1 Å². The van der Waals surface area contributed by atoms with Crippen molar-refractivity contribution in [2.75, 3.05) is 31.1 Å². The first-order valence-electron chi connectivity index (χ1n) is 9.89. The number of anilines is 1. The van der Waals surface area contributed by atoms with Gasteiger partial charge in [-0.05, 0) is 57.9 Å². The maximum Gasteiger partial charge on any atom is 0.315 e. The van der Waals surface area contributed by atoms with Gasteiger partial charge >= 0.3 is 6.03 Å². The van der Waals surface area contributed by atoms with Crippen LogP contribution in [0.1, 0.15) is 40.0 Å². The van der Waals surface area contributed by atoms with Gasteiger partial charge < -0.3 is 20.4 Å². The second-order valence-corrected chi connectivity index (χ2v) is 7.25. The van der Waals surface area contributed by atoms with Gasteiger partial charge in [-0.2, -0.15) is 0 Å². The molecule has 1 aromatic carbocycles. The number of urea groups is 1. The van der Waals surface area contributed by atoms with Gasteiger partial charge in [0.15, 0.2) is 0 Å². The number of hydrogen-bond donors (Lipinski definition) is 3. The minimum atomic E-state index is -0.337. The van der Waals surface area contributed by atoms with Crippen molar-refractivity contribution in [3.8, 4) is 0 Å². The van der Waals surface area contributed by atoms with Crippen molar-refractivity contribution in [1.29, 1.82) is 0 Å². The zero-order chi connectivity index (χ0) is 19.8. The average molecular weight is 380 g/mol. The van der Waals surface area contributed by atoms with E-state index >= 15 is 0 Å².